The van der Waals surface area contributed by atoms with Gasteiger partial charge in [0.25, 0.3) is 0 Å². The molecule has 0 aromatic carbocycles. The molecule has 0 aromatic heterocycles. The molecule has 142 valence electrons. The molecular formula is C21H28O5. The van der Waals surface area contributed by atoms with Crippen molar-refractivity contribution in [3.05, 3.63) is 36.5 Å². The zero-order chi connectivity index (χ0) is 18.7. The summed E-state index contributed by atoms with van der Waals surface area (Å²) in [4.78, 5) is 23.8. The Bertz CT molecular complexity index is 634. The van der Waals surface area contributed by atoms with Crippen molar-refractivity contribution in [3.63, 3.8) is 0 Å². The molecule has 3 heterocycles. The molecule has 26 heavy (non-hydrogen) atoms. The van der Waals surface area contributed by atoms with Crippen molar-refractivity contribution in [2.75, 3.05) is 6.61 Å². The highest BCUT2D eigenvalue weighted by atomic mass is 16.6. The molecule has 0 spiro atoms. The van der Waals surface area contributed by atoms with E-state index in [4.69, 9.17) is 14.2 Å². The topological polar surface area (TPSA) is 65.1 Å². The van der Waals surface area contributed by atoms with Gasteiger partial charge in [0.05, 0.1) is 5.60 Å². The summed E-state index contributed by atoms with van der Waals surface area (Å²) >= 11 is 0. The maximum atomic E-state index is 12.0. The molecule has 0 bridgehead atoms. The normalized spacial score (nSPS) is 37.8. The zero-order valence-electron chi connectivity index (χ0n) is 15.5. The molecule has 2 fully saturated rings. The van der Waals surface area contributed by atoms with E-state index < -0.39 is 0 Å². The highest BCUT2D eigenvalue weighted by molar-refractivity contribution is 5.91. The summed E-state index contributed by atoms with van der Waals surface area (Å²) in [7, 11) is 0. The predicted octanol–water partition coefficient (Wildman–Crippen LogP) is 3.64. The molecule has 0 amide bonds. The highest BCUT2D eigenvalue weighted by Gasteiger charge is 2.61. The molecular weight excluding hydrogens is 332 g/mol. The van der Waals surface area contributed by atoms with Crippen LogP contribution in [0.3, 0.4) is 0 Å². The minimum absolute atomic E-state index is 0.0759. The fourth-order valence-corrected chi connectivity index (χ4v) is 3.77. The fourth-order valence-electron chi connectivity index (χ4n) is 3.77. The second-order valence-corrected chi connectivity index (χ2v) is 7.70. The maximum absolute atomic E-state index is 12.0. The Morgan fingerprint density at radius 1 is 1.15 bits per heavy atom. The molecule has 3 aliphatic rings. The number of hydrogen-bond donors (Lipinski definition) is 0. The van der Waals surface area contributed by atoms with Crippen LogP contribution >= 0.6 is 0 Å². The molecule has 0 saturated carbocycles. The summed E-state index contributed by atoms with van der Waals surface area (Å²) in [6.45, 7) is 10.2. The Morgan fingerprint density at radius 3 is 2.73 bits per heavy atom. The molecule has 3 aliphatic heterocycles. The molecule has 5 heteroatoms. The van der Waals surface area contributed by atoms with E-state index in [9.17, 15) is 9.59 Å². The van der Waals surface area contributed by atoms with Gasteiger partial charge in [-0.2, -0.15) is 0 Å². The van der Waals surface area contributed by atoms with Crippen molar-refractivity contribution in [1.82, 2.24) is 0 Å². The number of hydrogen-bond acceptors (Lipinski definition) is 5. The minimum atomic E-state index is -0.329. The van der Waals surface area contributed by atoms with Crippen molar-refractivity contribution in [3.8, 4) is 0 Å². The van der Waals surface area contributed by atoms with Gasteiger partial charge in [-0.15, -0.1) is 0 Å². The van der Waals surface area contributed by atoms with Gasteiger partial charge in [-0.25, -0.2) is 4.79 Å². The first-order valence-corrected chi connectivity index (χ1v) is 9.45. The van der Waals surface area contributed by atoms with E-state index in [0.717, 1.165) is 31.3 Å². The van der Waals surface area contributed by atoms with Crippen molar-refractivity contribution >= 4 is 11.9 Å². The lowest BCUT2D eigenvalue weighted by atomic mass is 9.85. The fraction of sp³-hybridized carbons (Fsp3) is 0.619. The number of cyclic esters (lactones) is 1. The standard InChI is InChI=1S/C21H28O5/c1-14-10-11-16-15(2)20(23)25-18(16)19-21(3,26-19)12-8-6-4-5-7-9-17(22)24-13-14/h4,6,16,18-19H,1-2,5,7-13H2,3H3/b6-4-/t16-,18-,19+,21+/m0/s1. The van der Waals surface area contributed by atoms with Gasteiger partial charge in [0.15, 0.2) is 0 Å². The summed E-state index contributed by atoms with van der Waals surface area (Å²) in [5.74, 6) is -0.593. The summed E-state index contributed by atoms with van der Waals surface area (Å²) in [6, 6.07) is 0. The number of carbonyl (C=O) groups is 2. The van der Waals surface area contributed by atoms with Crippen LogP contribution in [-0.4, -0.2) is 36.4 Å². The van der Waals surface area contributed by atoms with E-state index >= 15 is 0 Å². The van der Waals surface area contributed by atoms with E-state index in [0.29, 0.717) is 24.8 Å². The predicted molar refractivity (Wildman–Crippen MR) is 97.3 cm³/mol. The summed E-state index contributed by atoms with van der Waals surface area (Å²) in [5, 5.41) is 0. The Kier molecular flexibility index (Phi) is 5.66. The Morgan fingerprint density at radius 2 is 1.92 bits per heavy atom. The number of esters is 2. The number of ether oxygens (including phenoxy) is 3. The van der Waals surface area contributed by atoms with Gasteiger partial charge in [0.1, 0.15) is 18.8 Å². The van der Waals surface area contributed by atoms with Crippen molar-refractivity contribution in [2.24, 2.45) is 5.92 Å². The number of rotatable bonds is 0. The smallest absolute Gasteiger partial charge is 0.334 e. The largest absolute Gasteiger partial charge is 0.461 e. The minimum Gasteiger partial charge on any atom is -0.461 e. The monoisotopic (exact) mass is 360 g/mol. The third kappa shape index (κ3) is 4.26. The lowest BCUT2D eigenvalue weighted by Crippen LogP contribution is -2.28. The summed E-state index contributed by atoms with van der Waals surface area (Å²) < 4.78 is 16.8. The molecule has 3 rings (SSSR count). The van der Waals surface area contributed by atoms with Crippen LogP contribution in [0.25, 0.3) is 0 Å². The number of fused-ring (bicyclic) bond motifs is 3. The van der Waals surface area contributed by atoms with Crippen LogP contribution < -0.4 is 0 Å². The van der Waals surface area contributed by atoms with Crippen LogP contribution in [0.15, 0.2) is 36.5 Å². The Balaban J connectivity index is 1.69. The van der Waals surface area contributed by atoms with Gasteiger partial charge in [0, 0.05) is 17.9 Å². The van der Waals surface area contributed by atoms with Gasteiger partial charge in [-0.05, 0) is 51.0 Å². The van der Waals surface area contributed by atoms with Crippen LogP contribution in [0.4, 0.5) is 0 Å². The lowest BCUT2D eigenvalue weighted by molar-refractivity contribution is -0.143. The maximum Gasteiger partial charge on any atom is 0.334 e. The molecule has 0 aliphatic carbocycles. The molecule has 0 aromatic rings. The van der Waals surface area contributed by atoms with E-state index in [-0.39, 0.29) is 42.3 Å². The first-order chi connectivity index (χ1) is 12.4. The molecule has 0 N–H and O–H groups in total. The van der Waals surface area contributed by atoms with Gasteiger partial charge in [-0.3, -0.25) is 4.79 Å². The summed E-state index contributed by atoms with van der Waals surface area (Å²) in [5.41, 5.74) is 1.10. The molecule has 0 unspecified atom stereocenters. The average molecular weight is 360 g/mol. The second kappa shape index (κ2) is 7.78. The Hall–Kier alpha value is -1.88. The highest BCUT2D eigenvalue weighted by Crippen LogP contribution is 2.49. The molecule has 2 saturated heterocycles. The van der Waals surface area contributed by atoms with Crippen molar-refractivity contribution in [2.45, 2.75) is 69.7 Å². The SMILES string of the molecule is C=C1CC[C@H]2C(=C)C(=O)O[C@@H]2[C@H]2O[C@]2(C)CC/C=C\CCCC(=O)OC1. The van der Waals surface area contributed by atoms with Gasteiger partial charge in [0.2, 0.25) is 0 Å². The van der Waals surface area contributed by atoms with Crippen LogP contribution in [0.1, 0.15) is 51.9 Å². The van der Waals surface area contributed by atoms with Gasteiger partial charge >= 0.3 is 11.9 Å². The van der Waals surface area contributed by atoms with Crippen LogP contribution in [0, 0.1) is 5.92 Å². The number of epoxide rings is 1. The molecule has 4 atom stereocenters. The Labute approximate surface area is 155 Å². The second-order valence-electron chi connectivity index (χ2n) is 7.70. The van der Waals surface area contributed by atoms with Gasteiger partial charge in [-0.1, -0.05) is 25.3 Å². The van der Waals surface area contributed by atoms with Crippen LogP contribution in [0.5, 0.6) is 0 Å². The van der Waals surface area contributed by atoms with Crippen LogP contribution in [0.2, 0.25) is 0 Å². The third-order valence-electron chi connectivity index (χ3n) is 5.56. The third-order valence-corrected chi connectivity index (χ3v) is 5.56. The summed E-state index contributed by atoms with van der Waals surface area (Å²) in [6.07, 6.45) is 9.09. The van der Waals surface area contributed by atoms with E-state index in [2.05, 4.69) is 32.2 Å². The zero-order valence-corrected chi connectivity index (χ0v) is 15.5. The average Bonchev–Trinajstić information content (AvgIpc) is 3.19. The first kappa shape index (κ1) is 18.9. The van der Waals surface area contributed by atoms with E-state index in [1.807, 2.05) is 0 Å². The quantitative estimate of drug-likeness (QED) is 0.286. The first-order valence-electron chi connectivity index (χ1n) is 9.45. The molecule has 0 radical (unpaired) electrons. The van der Waals surface area contributed by atoms with Gasteiger partial charge < -0.3 is 14.2 Å². The van der Waals surface area contributed by atoms with E-state index in [1.165, 1.54) is 0 Å². The van der Waals surface area contributed by atoms with Crippen molar-refractivity contribution < 1.29 is 23.8 Å². The van der Waals surface area contributed by atoms with Crippen molar-refractivity contribution in [1.29, 1.82) is 0 Å². The lowest BCUT2D eigenvalue weighted by Gasteiger charge is -2.18. The number of carbonyl (C=O) groups excluding carboxylic acids is 2. The van der Waals surface area contributed by atoms with E-state index in [1.54, 1.807) is 0 Å². The van der Waals surface area contributed by atoms with Crippen LogP contribution in [-0.2, 0) is 23.8 Å². The number of allylic oxidation sites excluding steroid dienone is 2. The molecule has 5 nitrogen and oxygen atoms in total.